The van der Waals surface area contributed by atoms with Gasteiger partial charge in [-0.3, -0.25) is 29.7 Å². The molecule has 0 saturated heterocycles. The van der Waals surface area contributed by atoms with E-state index >= 15 is 0 Å². The van der Waals surface area contributed by atoms with E-state index in [-0.39, 0.29) is 29.1 Å². The SMILES string of the molecule is O=C1CC(c2ccccc2[N+](=O)[O-])c2c([nH]c(=O)[nH]c2=O)O1. The number of nitro benzene ring substituents is 1. The Morgan fingerprint density at radius 2 is 1.91 bits per heavy atom. The van der Waals surface area contributed by atoms with Crippen molar-refractivity contribution >= 4 is 11.7 Å². The predicted octanol–water partition coefficient (Wildman–Crippen LogP) is 0.412. The fourth-order valence-corrected chi connectivity index (χ4v) is 2.51. The van der Waals surface area contributed by atoms with E-state index in [0.717, 1.165) is 0 Å². The lowest BCUT2D eigenvalue weighted by Gasteiger charge is -2.22. The van der Waals surface area contributed by atoms with Crippen molar-refractivity contribution < 1.29 is 14.5 Å². The summed E-state index contributed by atoms with van der Waals surface area (Å²) >= 11 is 0. The maximum atomic E-state index is 12.0. The lowest BCUT2D eigenvalue weighted by molar-refractivity contribution is -0.385. The molecule has 22 heavy (non-hydrogen) atoms. The number of hydrogen-bond donors (Lipinski definition) is 2. The molecular weight excluding hydrogens is 294 g/mol. The zero-order valence-corrected chi connectivity index (χ0v) is 11.0. The van der Waals surface area contributed by atoms with Gasteiger partial charge in [0.25, 0.3) is 11.2 Å². The van der Waals surface area contributed by atoms with Crippen molar-refractivity contribution in [2.75, 3.05) is 0 Å². The molecule has 9 nitrogen and oxygen atoms in total. The van der Waals surface area contributed by atoms with Gasteiger partial charge in [-0.25, -0.2) is 4.79 Å². The predicted molar refractivity (Wildman–Crippen MR) is 72.9 cm³/mol. The first-order chi connectivity index (χ1) is 10.5. The van der Waals surface area contributed by atoms with E-state index < -0.39 is 28.1 Å². The summed E-state index contributed by atoms with van der Waals surface area (Å²) in [4.78, 5) is 49.8. The molecule has 0 aliphatic carbocycles. The third-order valence-electron chi connectivity index (χ3n) is 3.39. The number of rotatable bonds is 2. The maximum absolute atomic E-state index is 12.0. The number of fused-ring (bicyclic) bond motifs is 1. The molecule has 0 radical (unpaired) electrons. The van der Waals surface area contributed by atoms with Crippen LogP contribution in [0, 0.1) is 10.1 Å². The first-order valence-corrected chi connectivity index (χ1v) is 6.28. The molecule has 1 aromatic carbocycles. The summed E-state index contributed by atoms with van der Waals surface area (Å²) in [5.41, 5.74) is -1.57. The van der Waals surface area contributed by atoms with Gasteiger partial charge in [0, 0.05) is 17.5 Å². The largest absolute Gasteiger partial charge is 0.409 e. The van der Waals surface area contributed by atoms with Gasteiger partial charge in [0.05, 0.1) is 16.9 Å². The van der Waals surface area contributed by atoms with E-state index in [1.165, 1.54) is 18.2 Å². The average molecular weight is 303 g/mol. The number of carbonyl (C=O) groups is 1. The average Bonchev–Trinajstić information content (AvgIpc) is 2.45. The van der Waals surface area contributed by atoms with Crippen LogP contribution in [0.5, 0.6) is 5.88 Å². The second kappa shape index (κ2) is 4.95. The Hall–Kier alpha value is -3.23. The van der Waals surface area contributed by atoms with Gasteiger partial charge >= 0.3 is 11.7 Å². The molecule has 112 valence electrons. The van der Waals surface area contributed by atoms with Crippen LogP contribution in [0.1, 0.15) is 23.5 Å². The fraction of sp³-hybridized carbons (Fsp3) is 0.154. The third-order valence-corrected chi connectivity index (χ3v) is 3.39. The Labute approximate surface area is 121 Å². The molecule has 0 spiro atoms. The highest BCUT2D eigenvalue weighted by Crippen LogP contribution is 2.38. The summed E-state index contributed by atoms with van der Waals surface area (Å²) < 4.78 is 4.86. The van der Waals surface area contributed by atoms with Crippen molar-refractivity contribution in [3.8, 4) is 5.88 Å². The number of esters is 1. The van der Waals surface area contributed by atoms with Crippen molar-refractivity contribution in [2.45, 2.75) is 12.3 Å². The number of nitro groups is 1. The highest BCUT2D eigenvalue weighted by Gasteiger charge is 2.35. The lowest BCUT2D eigenvalue weighted by atomic mass is 9.87. The van der Waals surface area contributed by atoms with Crippen LogP contribution in [0.3, 0.4) is 0 Å². The van der Waals surface area contributed by atoms with Crippen molar-refractivity contribution in [3.63, 3.8) is 0 Å². The number of aromatic nitrogens is 2. The number of nitrogens with one attached hydrogen (secondary N) is 2. The summed E-state index contributed by atoms with van der Waals surface area (Å²) in [7, 11) is 0. The normalized spacial score (nSPS) is 16.7. The Balaban J connectivity index is 2.27. The number of aromatic amines is 2. The van der Waals surface area contributed by atoms with Crippen LogP contribution in [0.25, 0.3) is 0 Å². The number of benzene rings is 1. The van der Waals surface area contributed by atoms with Crippen LogP contribution in [-0.4, -0.2) is 20.9 Å². The number of nitrogens with zero attached hydrogens (tertiary/aromatic N) is 1. The number of H-pyrrole nitrogens is 2. The van der Waals surface area contributed by atoms with E-state index in [1.54, 1.807) is 6.07 Å². The molecule has 0 amide bonds. The van der Waals surface area contributed by atoms with Crippen molar-refractivity contribution in [3.05, 3.63) is 66.3 Å². The van der Waals surface area contributed by atoms with Gasteiger partial charge < -0.3 is 4.74 Å². The Morgan fingerprint density at radius 3 is 2.64 bits per heavy atom. The molecule has 2 heterocycles. The van der Waals surface area contributed by atoms with Gasteiger partial charge in [0.15, 0.2) is 0 Å². The highest BCUT2D eigenvalue weighted by molar-refractivity contribution is 5.77. The van der Waals surface area contributed by atoms with Gasteiger partial charge in [-0.05, 0) is 0 Å². The molecular formula is C13H9N3O6. The summed E-state index contributed by atoms with van der Waals surface area (Å²) in [6.07, 6.45) is -0.229. The molecule has 2 aromatic rings. The zero-order valence-electron chi connectivity index (χ0n) is 11.0. The number of carbonyl (C=O) groups excluding carboxylic acids is 1. The van der Waals surface area contributed by atoms with Crippen molar-refractivity contribution in [1.29, 1.82) is 0 Å². The quantitative estimate of drug-likeness (QED) is 0.468. The molecule has 0 bridgehead atoms. The van der Waals surface area contributed by atoms with E-state index in [1.807, 2.05) is 4.98 Å². The summed E-state index contributed by atoms with van der Waals surface area (Å²) in [6, 6.07) is 5.81. The molecule has 1 atom stereocenters. The minimum Gasteiger partial charge on any atom is -0.409 e. The molecule has 1 aliphatic heterocycles. The highest BCUT2D eigenvalue weighted by atomic mass is 16.6. The van der Waals surface area contributed by atoms with Crippen LogP contribution in [-0.2, 0) is 4.79 Å². The molecule has 1 aliphatic rings. The van der Waals surface area contributed by atoms with Gasteiger partial charge in [-0.1, -0.05) is 18.2 Å². The molecule has 9 heteroatoms. The molecule has 3 rings (SSSR count). The number of para-hydroxylation sites is 1. The lowest BCUT2D eigenvalue weighted by Crippen LogP contribution is -2.34. The maximum Gasteiger partial charge on any atom is 0.328 e. The monoisotopic (exact) mass is 303 g/mol. The second-order valence-electron chi connectivity index (χ2n) is 4.70. The van der Waals surface area contributed by atoms with Crippen LogP contribution < -0.4 is 16.0 Å². The smallest absolute Gasteiger partial charge is 0.328 e. The molecule has 2 N–H and O–H groups in total. The first-order valence-electron chi connectivity index (χ1n) is 6.28. The van der Waals surface area contributed by atoms with Crippen LogP contribution in [0.15, 0.2) is 33.9 Å². The minimum atomic E-state index is -0.863. The van der Waals surface area contributed by atoms with E-state index in [0.29, 0.717) is 0 Å². The summed E-state index contributed by atoms with van der Waals surface area (Å²) in [6.45, 7) is 0. The topological polar surface area (TPSA) is 135 Å². The first kappa shape index (κ1) is 13.7. The Kier molecular flexibility index (Phi) is 3.09. The van der Waals surface area contributed by atoms with Gasteiger partial charge in [-0.15, -0.1) is 0 Å². The fourth-order valence-electron chi connectivity index (χ4n) is 2.51. The molecule has 0 saturated carbocycles. The van der Waals surface area contributed by atoms with Gasteiger partial charge in [-0.2, -0.15) is 0 Å². The number of ether oxygens (including phenoxy) is 1. The third kappa shape index (κ3) is 2.18. The molecule has 1 unspecified atom stereocenters. The van der Waals surface area contributed by atoms with Crippen LogP contribution in [0.2, 0.25) is 0 Å². The van der Waals surface area contributed by atoms with Crippen molar-refractivity contribution in [1.82, 2.24) is 9.97 Å². The number of hydrogen-bond acceptors (Lipinski definition) is 6. The zero-order chi connectivity index (χ0) is 15.9. The van der Waals surface area contributed by atoms with E-state index in [2.05, 4.69) is 4.98 Å². The van der Waals surface area contributed by atoms with Gasteiger partial charge in [0.1, 0.15) is 0 Å². The summed E-state index contributed by atoms with van der Waals surface area (Å²) in [5, 5.41) is 11.1. The second-order valence-corrected chi connectivity index (χ2v) is 4.70. The van der Waals surface area contributed by atoms with Crippen LogP contribution in [0.4, 0.5) is 5.69 Å². The van der Waals surface area contributed by atoms with Gasteiger partial charge in [0.2, 0.25) is 5.88 Å². The van der Waals surface area contributed by atoms with Crippen molar-refractivity contribution in [2.24, 2.45) is 0 Å². The minimum absolute atomic E-state index is 0.00602. The van der Waals surface area contributed by atoms with E-state index in [4.69, 9.17) is 4.74 Å². The molecule has 0 fully saturated rings. The molecule has 1 aromatic heterocycles. The Bertz CT molecular complexity index is 897. The van der Waals surface area contributed by atoms with E-state index in [9.17, 15) is 24.5 Å². The van der Waals surface area contributed by atoms with Crippen LogP contribution >= 0.6 is 0 Å². The standard InChI is InChI=1S/C13H9N3O6/c17-9-5-7(6-3-1-2-4-8(6)16(20)21)10-11(18)14-13(19)15-12(10)22-9/h1-4,7H,5H2,(H2,14,15,18,19). The Morgan fingerprint density at radius 1 is 1.18 bits per heavy atom. The summed E-state index contributed by atoms with van der Waals surface area (Å²) in [5.74, 6) is -1.82.